The lowest BCUT2D eigenvalue weighted by Crippen LogP contribution is -2.38. The Morgan fingerprint density at radius 1 is 1.46 bits per heavy atom. The number of halogens is 1. The van der Waals surface area contributed by atoms with Gasteiger partial charge >= 0.3 is 5.97 Å². The van der Waals surface area contributed by atoms with Gasteiger partial charge < -0.3 is 15.8 Å². The van der Waals surface area contributed by atoms with Gasteiger partial charge in [-0.2, -0.15) is 0 Å². The molecule has 3 N–H and O–H groups in total. The minimum Gasteiger partial charge on any atom is -0.452 e. The number of esters is 1. The third-order valence-electron chi connectivity index (χ3n) is 3.07. The van der Waals surface area contributed by atoms with E-state index in [-0.39, 0.29) is 30.2 Å². The van der Waals surface area contributed by atoms with Crippen molar-refractivity contribution in [2.75, 3.05) is 31.2 Å². The highest BCUT2D eigenvalue weighted by molar-refractivity contribution is 8.23. The molecule has 2 rings (SSSR count). The smallest absolute Gasteiger partial charge is 0.340 e. The maximum absolute atomic E-state index is 11.9. The van der Waals surface area contributed by atoms with Crippen molar-refractivity contribution in [3.05, 3.63) is 28.8 Å². The third kappa shape index (κ3) is 4.83. The van der Waals surface area contributed by atoms with Crippen molar-refractivity contribution in [3.8, 4) is 0 Å². The lowest BCUT2D eigenvalue weighted by Gasteiger charge is -2.15. The molecule has 1 saturated heterocycles. The molecule has 0 aliphatic carbocycles. The average molecular weight is 388 g/mol. The summed E-state index contributed by atoms with van der Waals surface area (Å²) < 4.78 is 5.39. The summed E-state index contributed by atoms with van der Waals surface area (Å²) in [6.45, 7) is 0.0334. The molecule has 1 aliphatic rings. The van der Waals surface area contributed by atoms with Crippen molar-refractivity contribution in [2.45, 2.75) is 0 Å². The number of benzene rings is 1. The summed E-state index contributed by atoms with van der Waals surface area (Å²) in [4.78, 5) is 36.5. The number of anilines is 1. The SMILES string of the molecule is Nc1ccc(Cl)cc1C(=O)OCC(=O)NCCN1C(=O)CSC1=S. The Hall–Kier alpha value is -1.84. The molecule has 0 atom stereocenters. The molecular weight excluding hydrogens is 374 g/mol. The zero-order valence-electron chi connectivity index (χ0n) is 12.4. The van der Waals surface area contributed by atoms with Crippen LogP contribution < -0.4 is 11.1 Å². The van der Waals surface area contributed by atoms with E-state index in [0.717, 1.165) is 0 Å². The molecule has 1 aromatic rings. The second-order valence-electron chi connectivity index (χ2n) is 4.76. The number of thioether (sulfide) groups is 1. The molecule has 24 heavy (non-hydrogen) atoms. The molecule has 0 spiro atoms. The van der Waals surface area contributed by atoms with Crippen LogP contribution in [0.5, 0.6) is 0 Å². The molecule has 0 unspecified atom stereocenters. The lowest BCUT2D eigenvalue weighted by molar-refractivity contribution is -0.126. The molecule has 7 nitrogen and oxygen atoms in total. The molecule has 0 radical (unpaired) electrons. The molecular formula is C14H14ClN3O4S2. The van der Waals surface area contributed by atoms with Crippen LogP contribution in [-0.2, 0) is 14.3 Å². The van der Waals surface area contributed by atoms with Crippen LogP contribution in [-0.4, -0.2) is 52.5 Å². The van der Waals surface area contributed by atoms with Crippen LogP contribution >= 0.6 is 35.6 Å². The fourth-order valence-corrected chi connectivity index (χ4v) is 3.16. The fourth-order valence-electron chi connectivity index (χ4n) is 1.87. The molecule has 1 aromatic carbocycles. The number of thiocarbonyl (C=S) groups is 1. The van der Waals surface area contributed by atoms with E-state index >= 15 is 0 Å². The monoisotopic (exact) mass is 387 g/mol. The Morgan fingerprint density at radius 3 is 2.88 bits per heavy atom. The number of amides is 2. The molecule has 0 bridgehead atoms. The van der Waals surface area contributed by atoms with E-state index in [1.165, 1.54) is 28.8 Å². The Labute approximate surface area is 152 Å². The first-order valence-electron chi connectivity index (χ1n) is 6.84. The number of hydrogen-bond donors (Lipinski definition) is 2. The number of carbonyl (C=O) groups excluding carboxylic acids is 3. The second kappa shape index (κ2) is 8.32. The van der Waals surface area contributed by atoms with Gasteiger partial charge in [0.2, 0.25) is 5.91 Å². The molecule has 1 fully saturated rings. The van der Waals surface area contributed by atoms with Crippen LogP contribution in [0.1, 0.15) is 10.4 Å². The Morgan fingerprint density at radius 2 is 2.21 bits per heavy atom. The zero-order valence-corrected chi connectivity index (χ0v) is 14.8. The van der Waals surface area contributed by atoms with Crippen LogP contribution in [0.15, 0.2) is 18.2 Å². The number of carbonyl (C=O) groups is 3. The van der Waals surface area contributed by atoms with Crippen molar-refractivity contribution in [1.29, 1.82) is 0 Å². The van der Waals surface area contributed by atoms with Crippen LogP contribution in [0, 0.1) is 0 Å². The molecule has 0 aromatic heterocycles. The molecule has 10 heteroatoms. The van der Waals surface area contributed by atoms with E-state index in [1.807, 2.05) is 0 Å². The number of nitrogens with one attached hydrogen (secondary N) is 1. The van der Waals surface area contributed by atoms with Gasteiger partial charge in [-0.25, -0.2) is 4.79 Å². The quantitative estimate of drug-likeness (QED) is 0.427. The molecule has 0 saturated carbocycles. The highest BCUT2D eigenvalue weighted by atomic mass is 35.5. The van der Waals surface area contributed by atoms with Gasteiger partial charge in [-0.05, 0) is 18.2 Å². The van der Waals surface area contributed by atoms with Gasteiger partial charge in [0.05, 0.1) is 11.3 Å². The van der Waals surface area contributed by atoms with Crippen LogP contribution in [0.25, 0.3) is 0 Å². The maximum Gasteiger partial charge on any atom is 0.340 e. The summed E-state index contributed by atoms with van der Waals surface area (Å²) in [6.07, 6.45) is 0. The number of rotatable bonds is 6. The lowest BCUT2D eigenvalue weighted by atomic mass is 10.2. The topological polar surface area (TPSA) is 102 Å². The molecule has 2 amide bonds. The van der Waals surface area contributed by atoms with E-state index in [0.29, 0.717) is 15.1 Å². The Kier molecular flexibility index (Phi) is 6.41. The van der Waals surface area contributed by atoms with Gasteiger partial charge in [-0.1, -0.05) is 35.6 Å². The number of nitrogens with zero attached hydrogens (tertiary/aromatic N) is 1. The summed E-state index contributed by atoms with van der Waals surface area (Å²) in [5, 5.41) is 2.88. The molecule has 1 aliphatic heterocycles. The summed E-state index contributed by atoms with van der Waals surface area (Å²) in [7, 11) is 0. The minimum atomic E-state index is -0.738. The second-order valence-corrected chi connectivity index (χ2v) is 6.80. The van der Waals surface area contributed by atoms with E-state index in [4.69, 9.17) is 34.3 Å². The van der Waals surface area contributed by atoms with E-state index in [2.05, 4.69) is 5.32 Å². The largest absolute Gasteiger partial charge is 0.452 e. The van der Waals surface area contributed by atoms with Gasteiger partial charge in [0.1, 0.15) is 4.32 Å². The van der Waals surface area contributed by atoms with Crippen molar-refractivity contribution in [2.24, 2.45) is 0 Å². The summed E-state index contributed by atoms with van der Waals surface area (Å²) in [6, 6.07) is 4.39. The summed E-state index contributed by atoms with van der Waals surface area (Å²) >= 11 is 12.1. The zero-order chi connectivity index (χ0) is 17.7. The van der Waals surface area contributed by atoms with Gasteiger partial charge in [0, 0.05) is 23.8 Å². The van der Waals surface area contributed by atoms with E-state index in [1.54, 1.807) is 6.07 Å². The highest BCUT2D eigenvalue weighted by Gasteiger charge is 2.26. The van der Waals surface area contributed by atoms with Crippen LogP contribution in [0.4, 0.5) is 5.69 Å². The van der Waals surface area contributed by atoms with Gasteiger partial charge in [0.15, 0.2) is 6.61 Å². The van der Waals surface area contributed by atoms with Gasteiger partial charge in [-0.3, -0.25) is 14.5 Å². The van der Waals surface area contributed by atoms with E-state index in [9.17, 15) is 14.4 Å². The predicted molar refractivity (Wildman–Crippen MR) is 95.9 cm³/mol. The van der Waals surface area contributed by atoms with E-state index < -0.39 is 18.5 Å². The normalized spacial score (nSPS) is 14.0. The summed E-state index contributed by atoms with van der Waals surface area (Å²) in [5.41, 5.74) is 5.97. The standard InChI is InChI=1S/C14H14ClN3O4S2/c15-8-1-2-10(16)9(5-8)13(21)22-6-11(19)17-3-4-18-12(20)7-24-14(18)23/h1-2,5H,3-4,6-7,16H2,(H,17,19). The first-order valence-corrected chi connectivity index (χ1v) is 8.61. The van der Waals surface area contributed by atoms with Crippen molar-refractivity contribution >= 4 is 63.4 Å². The average Bonchev–Trinajstić information content (AvgIpc) is 2.86. The minimum absolute atomic E-state index is 0.0814. The maximum atomic E-state index is 11.9. The Bertz CT molecular complexity index is 683. The number of hydrogen-bond acceptors (Lipinski definition) is 7. The fraction of sp³-hybridized carbons (Fsp3) is 0.286. The highest BCUT2D eigenvalue weighted by Crippen LogP contribution is 2.19. The van der Waals surface area contributed by atoms with Crippen LogP contribution in [0.3, 0.4) is 0 Å². The van der Waals surface area contributed by atoms with Gasteiger partial charge in [0.25, 0.3) is 5.91 Å². The number of nitrogen functional groups attached to an aromatic ring is 1. The number of ether oxygens (including phenoxy) is 1. The summed E-state index contributed by atoms with van der Waals surface area (Å²) in [5.74, 6) is -0.987. The first-order chi connectivity index (χ1) is 11.4. The van der Waals surface area contributed by atoms with Crippen LogP contribution in [0.2, 0.25) is 5.02 Å². The number of nitrogens with two attached hydrogens (primary N) is 1. The molecule has 128 valence electrons. The van der Waals surface area contributed by atoms with Crippen molar-refractivity contribution in [1.82, 2.24) is 10.2 Å². The first kappa shape index (κ1) is 18.5. The Balaban J connectivity index is 1.75. The van der Waals surface area contributed by atoms with Gasteiger partial charge in [-0.15, -0.1) is 0 Å². The van der Waals surface area contributed by atoms with Crippen molar-refractivity contribution in [3.63, 3.8) is 0 Å². The predicted octanol–water partition coefficient (Wildman–Crippen LogP) is 1.06. The third-order valence-corrected chi connectivity index (χ3v) is 4.74. The molecule has 1 heterocycles. The van der Waals surface area contributed by atoms with Crippen molar-refractivity contribution < 1.29 is 19.1 Å².